The highest BCUT2D eigenvalue weighted by atomic mass is 16.4. The van der Waals surface area contributed by atoms with Crippen molar-refractivity contribution in [2.75, 3.05) is 0 Å². The molecule has 0 saturated carbocycles. The molecule has 1 N–H and O–H groups in total. The molecule has 0 heterocycles. The van der Waals surface area contributed by atoms with Gasteiger partial charge >= 0.3 is 5.97 Å². The molecule has 0 saturated heterocycles. The summed E-state index contributed by atoms with van der Waals surface area (Å²) in [5.74, 6) is -1.43. The molecule has 0 aliphatic heterocycles. The van der Waals surface area contributed by atoms with Crippen LogP contribution in [0.4, 0.5) is 0 Å². The first-order chi connectivity index (χ1) is 9.20. The lowest BCUT2D eigenvalue weighted by molar-refractivity contribution is -0.143. The van der Waals surface area contributed by atoms with E-state index in [4.69, 9.17) is 14.7 Å². The summed E-state index contributed by atoms with van der Waals surface area (Å²) < 4.78 is 0. The Labute approximate surface area is 110 Å². The molecular formula is C16H12O3. The van der Waals surface area contributed by atoms with Crippen LogP contribution in [0.25, 0.3) is 21.5 Å². The second-order valence-corrected chi connectivity index (χ2v) is 4.00. The Morgan fingerprint density at radius 1 is 0.789 bits per heavy atom. The summed E-state index contributed by atoms with van der Waals surface area (Å²) in [5, 5.41) is 12.6. The number of rotatable bonds is 1. The van der Waals surface area contributed by atoms with E-state index < -0.39 is 5.97 Å². The Hall–Kier alpha value is -2.68. The van der Waals surface area contributed by atoms with Crippen molar-refractivity contribution >= 4 is 33.8 Å². The minimum absolute atomic E-state index is 0.167. The van der Waals surface area contributed by atoms with Gasteiger partial charge in [0.1, 0.15) is 0 Å². The van der Waals surface area contributed by atoms with Crippen molar-refractivity contribution in [3.8, 4) is 0 Å². The second-order valence-electron chi connectivity index (χ2n) is 4.00. The van der Waals surface area contributed by atoms with Crippen molar-refractivity contribution in [3.63, 3.8) is 0 Å². The van der Waals surface area contributed by atoms with E-state index in [0.29, 0.717) is 0 Å². The lowest BCUT2D eigenvalue weighted by Crippen LogP contribution is -1.91. The van der Waals surface area contributed by atoms with Crippen LogP contribution in [0.5, 0.6) is 0 Å². The number of hydrogen-bond donors (Lipinski definition) is 1. The third-order valence-corrected chi connectivity index (χ3v) is 2.71. The molecule has 3 heteroatoms. The highest BCUT2D eigenvalue weighted by Gasteiger charge is 1.95. The molecular weight excluding hydrogens is 240 g/mol. The maximum absolute atomic E-state index is 9.00. The van der Waals surface area contributed by atoms with Gasteiger partial charge in [0, 0.05) is 0 Å². The molecule has 3 rings (SSSR count). The minimum Gasteiger partial charge on any atom is -0.476 e. The summed E-state index contributed by atoms with van der Waals surface area (Å²) in [6.45, 7) is 0. The van der Waals surface area contributed by atoms with Crippen molar-refractivity contribution in [2.24, 2.45) is 0 Å². The molecule has 0 amide bonds. The molecule has 0 aliphatic carbocycles. The Balaban J connectivity index is 0.000000232. The second kappa shape index (κ2) is 5.78. The fourth-order valence-electron chi connectivity index (χ4n) is 1.88. The van der Waals surface area contributed by atoms with Crippen LogP contribution in [0.3, 0.4) is 0 Å². The van der Waals surface area contributed by atoms with Crippen molar-refractivity contribution < 1.29 is 14.7 Å². The molecule has 3 aromatic rings. The van der Waals surface area contributed by atoms with Gasteiger partial charge in [0.25, 0.3) is 0 Å². The number of carbonyl (C=O) groups excluding carboxylic acids is 1. The third kappa shape index (κ3) is 3.16. The van der Waals surface area contributed by atoms with Crippen LogP contribution in [0.2, 0.25) is 0 Å². The normalized spacial score (nSPS) is 9.68. The van der Waals surface area contributed by atoms with E-state index in [1.165, 1.54) is 21.5 Å². The Kier molecular flexibility index (Phi) is 3.88. The van der Waals surface area contributed by atoms with Crippen LogP contribution in [-0.2, 0) is 9.59 Å². The molecule has 94 valence electrons. The number of carbonyl (C=O) groups is 2. The number of hydrogen-bond acceptors (Lipinski definition) is 2. The summed E-state index contributed by atoms with van der Waals surface area (Å²) >= 11 is 0. The SMILES string of the molecule is O=CC(=O)O.c1ccc2cc3ccccc3cc2c1. The number of benzene rings is 3. The molecule has 3 nitrogen and oxygen atoms in total. The molecule has 0 unspecified atom stereocenters. The zero-order valence-electron chi connectivity index (χ0n) is 10.1. The third-order valence-electron chi connectivity index (χ3n) is 2.71. The largest absolute Gasteiger partial charge is 0.476 e. The van der Waals surface area contributed by atoms with E-state index >= 15 is 0 Å². The summed E-state index contributed by atoms with van der Waals surface area (Å²) in [6, 6.07) is 21.4. The average Bonchev–Trinajstić information content (AvgIpc) is 2.45. The number of fused-ring (bicyclic) bond motifs is 2. The van der Waals surface area contributed by atoms with Gasteiger partial charge in [-0.2, -0.15) is 0 Å². The van der Waals surface area contributed by atoms with E-state index in [1.54, 1.807) is 0 Å². The van der Waals surface area contributed by atoms with Crippen LogP contribution in [0.1, 0.15) is 0 Å². The maximum Gasteiger partial charge on any atom is 0.368 e. The van der Waals surface area contributed by atoms with E-state index in [-0.39, 0.29) is 6.29 Å². The number of aldehydes is 1. The smallest absolute Gasteiger partial charge is 0.368 e. The van der Waals surface area contributed by atoms with Gasteiger partial charge in [0.2, 0.25) is 6.29 Å². The van der Waals surface area contributed by atoms with Gasteiger partial charge in [0.05, 0.1) is 0 Å². The Morgan fingerprint density at radius 3 is 1.26 bits per heavy atom. The Morgan fingerprint density at radius 2 is 1.05 bits per heavy atom. The molecule has 0 spiro atoms. The summed E-state index contributed by atoms with van der Waals surface area (Å²) in [5.41, 5.74) is 0. The predicted octanol–water partition coefficient (Wildman–Crippen LogP) is 3.26. The van der Waals surface area contributed by atoms with E-state index in [0.717, 1.165) is 0 Å². The summed E-state index contributed by atoms with van der Waals surface area (Å²) in [7, 11) is 0. The first-order valence-corrected chi connectivity index (χ1v) is 5.76. The van der Waals surface area contributed by atoms with Gasteiger partial charge in [0.15, 0.2) is 0 Å². The fraction of sp³-hybridized carbons (Fsp3) is 0. The quantitative estimate of drug-likeness (QED) is 0.411. The molecule has 19 heavy (non-hydrogen) atoms. The van der Waals surface area contributed by atoms with Crippen molar-refractivity contribution in [2.45, 2.75) is 0 Å². The molecule has 0 aliphatic rings. The highest BCUT2D eigenvalue weighted by molar-refractivity contribution is 6.19. The van der Waals surface area contributed by atoms with Gasteiger partial charge in [-0.1, -0.05) is 48.5 Å². The lowest BCUT2D eigenvalue weighted by Gasteiger charge is -2.00. The molecule has 0 bridgehead atoms. The zero-order valence-corrected chi connectivity index (χ0v) is 10.1. The van der Waals surface area contributed by atoms with Crippen LogP contribution in [0, 0.1) is 0 Å². The van der Waals surface area contributed by atoms with E-state index in [1.807, 2.05) is 0 Å². The molecule has 0 fully saturated rings. The van der Waals surface area contributed by atoms with Gasteiger partial charge in [-0.05, 0) is 33.7 Å². The first-order valence-electron chi connectivity index (χ1n) is 5.76. The number of aliphatic carboxylic acids is 1. The monoisotopic (exact) mass is 252 g/mol. The van der Waals surface area contributed by atoms with Crippen molar-refractivity contribution in [3.05, 3.63) is 60.7 Å². The highest BCUT2D eigenvalue weighted by Crippen LogP contribution is 2.21. The summed E-state index contributed by atoms with van der Waals surface area (Å²) in [4.78, 5) is 17.9. The molecule has 0 radical (unpaired) electrons. The standard InChI is InChI=1S/C14H10.C2H2O3/c1-2-6-12-10-14-8-4-3-7-13(14)9-11(12)5-1;3-1-2(4)5/h1-10H;1H,(H,4,5). The summed E-state index contributed by atoms with van der Waals surface area (Å²) in [6.07, 6.45) is -0.167. The molecule has 0 atom stereocenters. The topological polar surface area (TPSA) is 54.4 Å². The predicted molar refractivity (Wildman–Crippen MR) is 75.2 cm³/mol. The van der Waals surface area contributed by atoms with Crippen LogP contribution in [-0.4, -0.2) is 17.4 Å². The lowest BCUT2D eigenvalue weighted by atomic mass is 10.0. The first kappa shape index (κ1) is 12.8. The van der Waals surface area contributed by atoms with Crippen LogP contribution >= 0.6 is 0 Å². The zero-order chi connectivity index (χ0) is 13.7. The van der Waals surface area contributed by atoms with Crippen LogP contribution in [0.15, 0.2) is 60.7 Å². The maximum atomic E-state index is 9.00. The average molecular weight is 252 g/mol. The number of carboxylic acids is 1. The number of carboxylic acid groups (broad SMARTS) is 1. The molecule has 3 aromatic carbocycles. The van der Waals surface area contributed by atoms with Crippen molar-refractivity contribution in [1.29, 1.82) is 0 Å². The Bertz CT molecular complexity index is 627. The van der Waals surface area contributed by atoms with Gasteiger partial charge in [-0.15, -0.1) is 0 Å². The van der Waals surface area contributed by atoms with E-state index in [2.05, 4.69) is 60.7 Å². The van der Waals surface area contributed by atoms with Gasteiger partial charge < -0.3 is 5.11 Å². The van der Waals surface area contributed by atoms with E-state index in [9.17, 15) is 0 Å². The van der Waals surface area contributed by atoms with Crippen molar-refractivity contribution in [1.82, 2.24) is 0 Å². The van der Waals surface area contributed by atoms with Gasteiger partial charge in [-0.25, -0.2) is 4.79 Å². The minimum atomic E-state index is -1.43. The molecule has 0 aromatic heterocycles. The fourth-order valence-corrected chi connectivity index (χ4v) is 1.88. The van der Waals surface area contributed by atoms with Gasteiger partial charge in [-0.3, -0.25) is 4.79 Å². The van der Waals surface area contributed by atoms with Crippen LogP contribution < -0.4 is 0 Å².